The van der Waals surface area contributed by atoms with Crippen molar-refractivity contribution in [3.05, 3.63) is 22.4 Å². The van der Waals surface area contributed by atoms with Crippen LogP contribution in [0.1, 0.15) is 57.5 Å². The average Bonchev–Trinajstić information content (AvgIpc) is 3.02. The van der Waals surface area contributed by atoms with Crippen LogP contribution in [0.5, 0.6) is 0 Å². The van der Waals surface area contributed by atoms with E-state index in [1.807, 2.05) is 0 Å². The van der Waals surface area contributed by atoms with E-state index in [1.54, 1.807) is 11.3 Å². The Morgan fingerprint density at radius 3 is 2.71 bits per heavy atom. The van der Waals surface area contributed by atoms with Crippen LogP contribution in [-0.4, -0.2) is 23.4 Å². The minimum atomic E-state index is -0.0360. The van der Waals surface area contributed by atoms with Gasteiger partial charge in [0.2, 0.25) is 5.91 Å². The van der Waals surface area contributed by atoms with Crippen LogP contribution < -0.4 is 5.32 Å². The zero-order valence-corrected chi connectivity index (χ0v) is 14.1. The van der Waals surface area contributed by atoms with Crippen molar-refractivity contribution in [2.24, 2.45) is 11.3 Å². The molecule has 116 valence electrons. The molecule has 0 aromatic carbocycles. The number of carbonyl (C=O) groups excluding carboxylic acids is 1. The lowest BCUT2D eigenvalue weighted by atomic mass is 9.66. The van der Waals surface area contributed by atoms with Crippen molar-refractivity contribution in [2.45, 2.75) is 58.7 Å². The van der Waals surface area contributed by atoms with Crippen molar-refractivity contribution in [2.75, 3.05) is 6.54 Å². The summed E-state index contributed by atoms with van der Waals surface area (Å²) in [6.07, 6.45) is 5.13. The summed E-state index contributed by atoms with van der Waals surface area (Å²) in [6.45, 7) is 7.45. The molecule has 1 amide bonds. The summed E-state index contributed by atoms with van der Waals surface area (Å²) in [6, 6.07) is 4.18. The molecule has 21 heavy (non-hydrogen) atoms. The van der Waals surface area contributed by atoms with E-state index in [9.17, 15) is 4.79 Å². The molecule has 1 saturated heterocycles. The number of nitrogens with zero attached hydrogens (tertiary/aromatic N) is 1. The van der Waals surface area contributed by atoms with Gasteiger partial charge in [0.05, 0.1) is 6.04 Å². The lowest BCUT2D eigenvalue weighted by Gasteiger charge is -2.44. The van der Waals surface area contributed by atoms with Crippen LogP contribution in [0, 0.1) is 11.3 Å². The van der Waals surface area contributed by atoms with Crippen LogP contribution in [0.4, 0.5) is 0 Å². The molecule has 3 rings (SSSR count). The zero-order chi connectivity index (χ0) is 15.0. The maximum atomic E-state index is 12.9. The predicted molar refractivity (Wildman–Crippen MR) is 87.1 cm³/mol. The molecule has 1 aromatic rings. The van der Waals surface area contributed by atoms with Gasteiger partial charge in [-0.3, -0.25) is 10.1 Å². The molecular weight excluding hydrogens is 280 g/mol. The van der Waals surface area contributed by atoms with E-state index < -0.39 is 0 Å². The normalized spacial score (nSPS) is 28.2. The van der Waals surface area contributed by atoms with Crippen molar-refractivity contribution >= 4 is 17.2 Å². The lowest BCUT2D eigenvalue weighted by Crippen LogP contribution is -2.44. The van der Waals surface area contributed by atoms with Crippen LogP contribution in [-0.2, 0) is 4.79 Å². The summed E-state index contributed by atoms with van der Waals surface area (Å²) in [5, 5.41) is 5.67. The lowest BCUT2D eigenvalue weighted by molar-refractivity contribution is -0.133. The van der Waals surface area contributed by atoms with E-state index in [4.69, 9.17) is 0 Å². The molecule has 2 atom stereocenters. The first-order valence-electron chi connectivity index (χ1n) is 8.16. The van der Waals surface area contributed by atoms with E-state index in [1.165, 1.54) is 30.6 Å². The molecule has 2 heterocycles. The number of nitrogens with one attached hydrogen (secondary N) is 1. The van der Waals surface area contributed by atoms with Gasteiger partial charge in [0, 0.05) is 11.4 Å². The number of rotatable bonds is 5. The van der Waals surface area contributed by atoms with Crippen LogP contribution in [0.25, 0.3) is 0 Å². The van der Waals surface area contributed by atoms with Gasteiger partial charge in [-0.25, -0.2) is 0 Å². The molecule has 4 heteroatoms. The summed E-state index contributed by atoms with van der Waals surface area (Å²) in [4.78, 5) is 16.2. The Kier molecular flexibility index (Phi) is 4.10. The van der Waals surface area contributed by atoms with Gasteiger partial charge in [-0.2, -0.15) is 0 Å². The van der Waals surface area contributed by atoms with Crippen molar-refractivity contribution in [1.82, 2.24) is 10.2 Å². The highest BCUT2D eigenvalue weighted by molar-refractivity contribution is 7.10. The Labute approximate surface area is 131 Å². The van der Waals surface area contributed by atoms with Crippen molar-refractivity contribution in [1.29, 1.82) is 0 Å². The van der Waals surface area contributed by atoms with Gasteiger partial charge in [0.1, 0.15) is 6.17 Å². The first-order chi connectivity index (χ1) is 10.1. The summed E-state index contributed by atoms with van der Waals surface area (Å²) < 4.78 is 0. The smallest absolute Gasteiger partial charge is 0.241 e. The largest absolute Gasteiger partial charge is 0.320 e. The van der Waals surface area contributed by atoms with Gasteiger partial charge in [-0.15, -0.1) is 11.3 Å². The van der Waals surface area contributed by atoms with Gasteiger partial charge >= 0.3 is 0 Å². The quantitative estimate of drug-likeness (QED) is 0.898. The van der Waals surface area contributed by atoms with Crippen molar-refractivity contribution < 1.29 is 4.79 Å². The highest BCUT2D eigenvalue weighted by Gasteiger charge is 2.46. The van der Waals surface area contributed by atoms with Crippen LogP contribution in [0.15, 0.2) is 17.5 Å². The van der Waals surface area contributed by atoms with Gasteiger partial charge in [-0.1, -0.05) is 33.3 Å². The van der Waals surface area contributed by atoms with E-state index in [2.05, 4.69) is 48.5 Å². The molecular formula is C17H26N2OS. The average molecular weight is 306 g/mol. The molecule has 3 nitrogen and oxygen atoms in total. The molecule has 1 saturated carbocycles. The van der Waals surface area contributed by atoms with E-state index >= 15 is 0 Å². The molecule has 0 bridgehead atoms. The maximum absolute atomic E-state index is 12.9. The fourth-order valence-electron chi connectivity index (χ4n) is 3.63. The second-order valence-corrected chi connectivity index (χ2v) is 7.96. The Bertz CT molecular complexity index is 487. The summed E-state index contributed by atoms with van der Waals surface area (Å²) >= 11 is 1.74. The number of hydrogen-bond donors (Lipinski definition) is 1. The third kappa shape index (κ3) is 2.64. The van der Waals surface area contributed by atoms with Crippen molar-refractivity contribution in [3.8, 4) is 0 Å². The van der Waals surface area contributed by atoms with Gasteiger partial charge in [-0.05, 0) is 42.0 Å². The van der Waals surface area contributed by atoms with Crippen LogP contribution >= 0.6 is 11.3 Å². The van der Waals surface area contributed by atoms with Gasteiger partial charge in [0.15, 0.2) is 0 Å². The topological polar surface area (TPSA) is 32.3 Å². The maximum Gasteiger partial charge on any atom is 0.241 e. The molecule has 0 spiro atoms. The van der Waals surface area contributed by atoms with Gasteiger partial charge in [0.25, 0.3) is 0 Å². The van der Waals surface area contributed by atoms with Crippen LogP contribution in [0.3, 0.4) is 0 Å². The second-order valence-electron chi connectivity index (χ2n) is 6.98. The second kappa shape index (κ2) is 5.73. The molecule has 1 N–H and O–H groups in total. The number of amides is 1. The van der Waals surface area contributed by atoms with Gasteiger partial charge < -0.3 is 4.90 Å². The first kappa shape index (κ1) is 15.0. The summed E-state index contributed by atoms with van der Waals surface area (Å²) in [5.74, 6) is 0.632. The molecule has 1 aromatic heterocycles. The number of hydrogen-bond acceptors (Lipinski definition) is 3. The monoisotopic (exact) mass is 306 g/mol. The van der Waals surface area contributed by atoms with Crippen molar-refractivity contribution in [3.63, 3.8) is 0 Å². The summed E-state index contributed by atoms with van der Waals surface area (Å²) in [5.41, 5.74) is 0.374. The third-order valence-corrected chi connectivity index (χ3v) is 6.27. The van der Waals surface area contributed by atoms with E-state index in [0.717, 1.165) is 6.54 Å². The highest BCUT2D eigenvalue weighted by Crippen LogP contribution is 2.46. The standard InChI is InChI=1S/C17H26N2OS/c1-4-17(8-6-9-17)11-19-15(13-7-5-10-21-13)18-14(12(2)3)16(19)20/h5,7,10,12,14-15,18H,4,6,8-9,11H2,1-3H3. The van der Waals surface area contributed by atoms with E-state index in [0.29, 0.717) is 17.2 Å². The summed E-state index contributed by atoms with van der Waals surface area (Å²) in [7, 11) is 0. The molecule has 1 aliphatic carbocycles. The third-order valence-electron chi connectivity index (χ3n) is 5.35. The molecule has 2 unspecified atom stereocenters. The Morgan fingerprint density at radius 2 is 2.24 bits per heavy atom. The fourth-order valence-corrected chi connectivity index (χ4v) is 4.42. The van der Waals surface area contributed by atoms with E-state index in [-0.39, 0.29) is 12.2 Å². The van der Waals surface area contributed by atoms with Crippen LogP contribution in [0.2, 0.25) is 0 Å². The molecule has 1 aliphatic heterocycles. The number of thiophene rings is 1. The Hall–Kier alpha value is -0.870. The first-order valence-corrected chi connectivity index (χ1v) is 9.04. The fraction of sp³-hybridized carbons (Fsp3) is 0.706. The molecule has 2 fully saturated rings. The molecule has 2 aliphatic rings. The minimum absolute atomic E-state index is 0.0360. The molecule has 0 radical (unpaired) electrons. The Morgan fingerprint density at radius 1 is 1.48 bits per heavy atom. The highest BCUT2D eigenvalue weighted by atomic mass is 32.1. The SMILES string of the molecule is CCC1(CN2C(=O)C(C(C)C)NC2c2cccs2)CCC1. The number of carbonyl (C=O) groups is 1. The minimum Gasteiger partial charge on any atom is -0.320 e. The Balaban J connectivity index is 1.84. The predicted octanol–water partition coefficient (Wildman–Crippen LogP) is 3.78. The zero-order valence-electron chi connectivity index (χ0n) is 13.3.